The lowest BCUT2D eigenvalue weighted by molar-refractivity contribution is 0.399. The van der Waals surface area contributed by atoms with Gasteiger partial charge in [-0.05, 0) is 42.9 Å². The number of unbranched alkanes of at least 4 members (excludes halogenated alkanes) is 2. The van der Waals surface area contributed by atoms with E-state index in [1.165, 1.54) is 41.5 Å². The van der Waals surface area contributed by atoms with Gasteiger partial charge in [0.2, 0.25) is 0 Å². The highest BCUT2D eigenvalue weighted by Gasteiger charge is 2.19. The summed E-state index contributed by atoms with van der Waals surface area (Å²) in [5.74, 6) is 0.945. The van der Waals surface area contributed by atoms with Crippen LogP contribution in [0.15, 0.2) is 54.7 Å². The number of hydrogen-bond acceptors (Lipinski definition) is 3. The molecule has 176 valence electrons. The van der Waals surface area contributed by atoms with Gasteiger partial charge in [0.15, 0.2) is 0 Å². The van der Waals surface area contributed by atoms with Crippen LogP contribution in [0.4, 0.5) is 0 Å². The minimum Gasteiger partial charge on any atom is -0.496 e. The number of pyridine rings is 1. The van der Waals surface area contributed by atoms with Gasteiger partial charge < -0.3 is 10.1 Å². The Bertz CT molecular complexity index is 991. The zero-order valence-electron chi connectivity index (χ0n) is 21.1. The lowest BCUT2D eigenvalue weighted by Gasteiger charge is -2.22. The summed E-state index contributed by atoms with van der Waals surface area (Å²) in [6.45, 7) is 9.56. The maximum absolute atomic E-state index is 5.94. The van der Waals surface area contributed by atoms with Crippen LogP contribution in [0.2, 0.25) is 0 Å². The van der Waals surface area contributed by atoms with Gasteiger partial charge in [-0.25, -0.2) is 0 Å². The summed E-state index contributed by atoms with van der Waals surface area (Å²) < 4.78 is 5.94. The summed E-state index contributed by atoms with van der Waals surface area (Å²) in [5, 5.41) is 3.80. The van der Waals surface area contributed by atoms with E-state index in [9.17, 15) is 0 Å². The molecule has 3 heteroatoms. The molecule has 0 radical (unpaired) electrons. The van der Waals surface area contributed by atoms with Crippen molar-refractivity contribution >= 4 is 0 Å². The molecule has 1 atom stereocenters. The lowest BCUT2D eigenvalue weighted by Crippen LogP contribution is -2.21. The number of benzene rings is 2. The molecule has 0 fully saturated rings. The monoisotopic (exact) mass is 444 g/mol. The van der Waals surface area contributed by atoms with Gasteiger partial charge in [-0.15, -0.1) is 0 Å². The summed E-state index contributed by atoms with van der Waals surface area (Å²) in [4.78, 5) is 4.98. The predicted molar refractivity (Wildman–Crippen MR) is 140 cm³/mol. The van der Waals surface area contributed by atoms with Crippen molar-refractivity contribution in [2.75, 3.05) is 7.11 Å². The second kappa shape index (κ2) is 12.6. The number of aromatic nitrogens is 1. The topological polar surface area (TPSA) is 34.2 Å². The fraction of sp³-hybridized carbons (Fsp3) is 0.433. The quantitative estimate of drug-likeness (QED) is 0.292. The maximum Gasteiger partial charge on any atom is 0.129 e. The van der Waals surface area contributed by atoms with E-state index in [-0.39, 0.29) is 0 Å². The van der Waals surface area contributed by atoms with E-state index in [1.807, 2.05) is 6.20 Å². The predicted octanol–water partition coefficient (Wildman–Crippen LogP) is 7.60. The second-order valence-electron chi connectivity index (χ2n) is 8.79. The molecule has 0 amide bonds. The van der Waals surface area contributed by atoms with Crippen molar-refractivity contribution in [3.05, 3.63) is 82.5 Å². The largest absolute Gasteiger partial charge is 0.496 e. The Morgan fingerprint density at radius 1 is 0.879 bits per heavy atom. The molecule has 3 nitrogen and oxygen atoms in total. The molecule has 33 heavy (non-hydrogen) atoms. The minimum absolute atomic E-state index is 0.329. The first-order valence-electron chi connectivity index (χ1n) is 12.6. The van der Waals surface area contributed by atoms with Crippen molar-refractivity contribution in [2.45, 2.75) is 78.8 Å². The highest BCUT2D eigenvalue weighted by atomic mass is 16.5. The van der Waals surface area contributed by atoms with Gasteiger partial charge in [-0.1, -0.05) is 88.6 Å². The van der Waals surface area contributed by atoms with Crippen LogP contribution in [-0.4, -0.2) is 12.1 Å². The molecule has 3 aromatic rings. The average Bonchev–Trinajstić information content (AvgIpc) is 2.86. The second-order valence-corrected chi connectivity index (χ2v) is 8.79. The fourth-order valence-electron chi connectivity index (χ4n) is 4.76. The van der Waals surface area contributed by atoms with Crippen LogP contribution >= 0.6 is 0 Å². The van der Waals surface area contributed by atoms with Gasteiger partial charge in [-0.3, -0.25) is 4.98 Å². The Hall–Kier alpha value is -2.65. The number of methoxy groups -OCH3 is 1. The van der Waals surface area contributed by atoms with Crippen LogP contribution in [-0.2, 0) is 19.4 Å². The molecule has 0 aliphatic carbocycles. The third kappa shape index (κ3) is 6.03. The Morgan fingerprint density at radius 3 is 2.18 bits per heavy atom. The van der Waals surface area contributed by atoms with Crippen molar-refractivity contribution in [1.29, 1.82) is 0 Å². The molecule has 0 aliphatic heterocycles. The summed E-state index contributed by atoms with van der Waals surface area (Å²) in [7, 11) is 1.78. The molecule has 3 rings (SSSR count). The van der Waals surface area contributed by atoms with E-state index < -0.39 is 0 Å². The van der Waals surface area contributed by atoms with Gasteiger partial charge in [0.1, 0.15) is 5.75 Å². The summed E-state index contributed by atoms with van der Waals surface area (Å²) in [6.07, 6.45) is 8.85. The van der Waals surface area contributed by atoms with Crippen molar-refractivity contribution in [3.8, 4) is 17.0 Å². The van der Waals surface area contributed by atoms with Gasteiger partial charge in [0, 0.05) is 35.5 Å². The molecule has 1 heterocycles. The Balaban J connectivity index is 1.90. The summed E-state index contributed by atoms with van der Waals surface area (Å²) >= 11 is 0. The fourth-order valence-corrected chi connectivity index (χ4v) is 4.76. The van der Waals surface area contributed by atoms with E-state index in [4.69, 9.17) is 9.72 Å². The molecular weight excluding hydrogens is 404 g/mol. The molecule has 0 saturated carbocycles. The van der Waals surface area contributed by atoms with Crippen LogP contribution < -0.4 is 10.1 Å². The molecule has 2 aromatic carbocycles. The Labute approximate surface area is 200 Å². The van der Waals surface area contributed by atoms with Crippen molar-refractivity contribution < 1.29 is 4.74 Å². The molecule has 0 spiro atoms. The molecule has 1 unspecified atom stereocenters. The number of rotatable bonds is 12. The Morgan fingerprint density at radius 2 is 1.58 bits per heavy atom. The number of hydrogen-bond donors (Lipinski definition) is 1. The van der Waals surface area contributed by atoms with Crippen molar-refractivity contribution in [3.63, 3.8) is 0 Å². The first kappa shape index (κ1) is 25.0. The molecule has 1 aromatic heterocycles. The molecule has 0 bridgehead atoms. The third-order valence-electron chi connectivity index (χ3n) is 6.61. The number of aryl methyl sites for hydroxylation is 2. The van der Waals surface area contributed by atoms with Crippen LogP contribution in [0.25, 0.3) is 11.3 Å². The smallest absolute Gasteiger partial charge is 0.129 e. The van der Waals surface area contributed by atoms with Crippen LogP contribution in [0.1, 0.15) is 80.3 Å². The van der Waals surface area contributed by atoms with Gasteiger partial charge >= 0.3 is 0 Å². The van der Waals surface area contributed by atoms with E-state index >= 15 is 0 Å². The molecular formula is C30H40N2O. The van der Waals surface area contributed by atoms with Crippen LogP contribution in [0, 0.1) is 6.92 Å². The van der Waals surface area contributed by atoms with E-state index in [0.29, 0.717) is 6.04 Å². The highest BCUT2D eigenvalue weighted by molar-refractivity contribution is 5.73. The number of nitrogens with one attached hydrogen (secondary N) is 1. The number of nitrogens with zero attached hydrogens (tertiary/aromatic N) is 1. The van der Waals surface area contributed by atoms with Gasteiger partial charge in [0.25, 0.3) is 0 Å². The van der Waals surface area contributed by atoms with E-state index in [1.54, 1.807) is 7.11 Å². The molecule has 0 aliphatic rings. The first-order valence-corrected chi connectivity index (χ1v) is 12.6. The Kier molecular flexibility index (Phi) is 9.50. The van der Waals surface area contributed by atoms with Crippen LogP contribution in [0.5, 0.6) is 5.75 Å². The minimum atomic E-state index is 0.329. The maximum atomic E-state index is 5.94. The van der Waals surface area contributed by atoms with E-state index in [0.717, 1.165) is 48.4 Å². The highest BCUT2D eigenvalue weighted by Crippen LogP contribution is 2.35. The third-order valence-corrected chi connectivity index (χ3v) is 6.61. The molecule has 1 N–H and O–H groups in total. The zero-order chi connectivity index (χ0) is 23.6. The first-order chi connectivity index (χ1) is 16.1. The van der Waals surface area contributed by atoms with Crippen LogP contribution in [0.3, 0.4) is 0 Å². The van der Waals surface area contributed by atoms with Gasteiger partial charge in [0.05, 0.1) is 12.8 Å². The standard InChI is InChI=1S/C30H40N2O/c1-6-9-11-19-27(25-15-12-10-13-16-25)31-20-26-21-32-29(22(4)30(26)33-5)28-23(7-2)17-14-18-24(28)8-3/h10,12-18,21,27,31H,6-9,11,19-20H2,1-5H3. The van der Waals surface area contributed by atoms with E-state index in [2.05, 4.69) is 81.5 Å². The summed E-state index contributed by atoms with van der Waals surface area (Å²) in [6, 6.07) is 17.7. The average molecular weight is 445 g/mol. The van der Waals surface area contributed by atoms with Crippen molar-refractivity contribution in [2.24, 2.45) is 0 Å². The zero-order valence-corrected chi connectivity index (χ0v) is 21.1. The lowest BCUT2D eigenvalue weighted by atomic mass is 9.92. The number of ether oxygens (including phenoxy) is 1. The SMILES string of the molecule is CCCCCC(NCc1cnc(-c2c(CC)cccc2CC)c(C)c1OC)c1ccccc1. The normalized spacial score (nSPS) is 12.0. The molecule has 0 saturated heterocycles. The van der Waals surface area contributed by atoms with Gasteiger partial charge in [-0.2, -0.15) is 0 Å². The van der Waals surface area contributed by atoms with Crippen molar-refractivity contribution in [1.82, 2.24) is 10.3 Å². The summed E-state index contributed by atoms with van der Waals surface area (Å²) in [5.41, 5.74) is 8.60.